The molecule has 2 saturated heterocycles. The van der Waals surface area contributed by atoms with Crippen molar-refractivity contribution in [2.75, 3.05) is 6.61 Å². The summed E-state index contributed by atoms with van der Waals surface area (Å²) in [5.41, 5.74) is -0.391. The molecule has 0 radical (unpaired) electrons. The Hall–Kier alpha value is -2.20. The van der Waals surface area contributed by atoms with Crippen molar-refractivity contribution in [3.05, 3.63) is 93.3 Å². The molecule has 30 heavy (non-hydrogen) atoms. The zero-order valence-electron chi connectivity index (χ0n) is 16.5. The zero-order valence-corrected chi connectivity index (χ0v) is 19.3. The Kier molecular flexibility index (Phi) is 5.14. The molecule has 0 aliphatic carbocycles. The minimum atomic E-state index is -3.86. The second-order valence-electron chi connectivity index (χ2n) is 7.66. The quantitative estimate of drug-likeness (QED) is 0.525. The summed E-state index contributed by atoms with van der Waals surface area (Å²) in [4.78, 5) is 26.4. The van der Waals surface area contributed by atoms with Gasteiger partial charge >= 0.3 is 178 Å². The van der Waals surface area contributed by atoms with E-state index in [2.05, 4.69) is 29.2 Å². The van der Waals surface area contributed by atoms with Crippen LogP contribution < -0.4 is 18.4 Å². The number of fused-ring (bicyclic) bond motifs is 1. The minimum absolute atomic E-state index is 0.181. The van der Waals surface area contributed by atoms with Crippen molar-refractivity contribution in [2.45, 2.75) is 31.8 Å². The van der Waals surface area contributed by atoms with Crippen LogP contribution in [0.25, 0.3) is 0 Å². The third-order valence-corrected chi connectivity index (χ3v) is 15.4. The molecule has 7 nitrogen and oxygen atoms in total. The van der Waals surface area contributed by atoms with Crippen LogP contribution in [0.3, 0.4) is 0 Å². The van der Waals surface area contributed by atoms with Crippen LogP contribution in [0.4, 0.5) is 0 Å². The van der Waals surface area contributed by atoms with E-state index < -0.39 is 31.1 Å². The van der Waals surface area contributed by atoms with Crippen LogP contribution in [-0.2, 0) is 10.9 Å². The number of nitrogens with zero attached hydrogens (tertiary/aromatic N) is 1. The van der Waals surface area contributed by atoms with E-state index >= 15 is 0 Å². The van der Waals surface area contributed by atoms with E-state index in [4.69, 9.17) is 10.9 Å². The monoisotopic (exact) mass is 514 g/mol. The van der Waals surface area contributed by atoms with Gasteiger partial charge in [-0.25, -0.2) is 0 Å². The van der Waals surface area contributed by atoms with Crippen LogP contribution in [0.2, 0.25) is 0 Å². The van der Waals surface area contributed by atoms with Gasteiger partial charge in [0.1, 0.15) is 0 Å². The van der Waals surface area contributed by atoms with Crippen molar-refractivity contribution >= 4 is 26.4 Å². The Morgan fingerprint density at radius 3 is 2.23 bits per heavy atom. The Morgan fingerprint density at radius 2 is 1.60 bits per heavy atom. The van der Waals surface area contributed by atoms with Crippen LogP contribution in [-0.4, -0.2) is 47.6 Å². The molecular formula is C22H22N2O5Sn. The van der Waals surface area contributed by atoms with E-state index in [0.29, 0.717) is 18.6 Å². The van der Waals surface area contributed by atoms with E-state index in [0.717, 1.165) is 7.16 Å². The average Bonchev–Trinajstić information content (AvgIpc) is 3.20. The van der Waals surface area contributed by atoms with Crippen molar-refractivity contribution in [3.8, 4) is 0 Å². The zero-order chi connectivity index (χ0) is 20.7. The number of aryl methyl sites for hydroxylation is 1. The van der Waals surface area contributed by atoms with Gasteiger partial charge in [-0.05, 0) is 0 Å². The fraction of sp³-hybridized carbons (Fsp3) is 0.273. The number of hydrogen-bond donors (Lipinski definition) is 1. The average molecular weight is 513 g/mol. The normalized spacial score (nSPS) is 25.0. The van der Waals surface area contributed by atoms with Gasteiger partial charge in [-0.1, -0.05) is 0 Å². The molecule has 0 amide bonds. The molecule has 5 rings (SSSR count). The molecule has 0 spiro atoms. The summed E-state index contributed by atoms with van der Waals surface area (Å²) in [6.45, 7) is 2.08. The van der Waals surface area contributed by atoms with Gasteiger partial charge in [-0.15, -0.1) is 0 Å². The van der Waals surface area contributed by atoms with E-state index in [-0.39, 0.29) is 17.8 Å². The summed E-state index contributed by atoms with van der Waals surface area (Å²) in [7, 11) is 0. The second kappa shape index (κ2) is 7.81. The van der Waals surface area contributed by atoms with E-state index in [1.54, 1.807) is 13.1 Å². The van der Waals surface area contributed by atoms with E-state index in [1.165, 1.54) is 4.57 Å². The fourth-order valence-electron chi connectivity index (χ4n) is 4.18. The van der Waals surface area contributed by atoms with Gasteiger partial charge in [0.15, 0.2) is 0 Å². The molecule has 2 aliphatic heterocycles. The number of nitrogens with one attached hydrogen (secondary N) is 1. The SMILES string of the molecule is Cc1cn([C@@H]2C[C@@H]3[O][Sn]([c]4ccccc4)([c]4ccccc4)[O]C[C@H]3O2)c(=O)[nH]c1=O. The van der Waals surface area contributed by atoms with Crippen molar-refractivity contribution in [2.24, 2.45) is 0 Å². The maximum atomic E-state index is 12.3. The molecule has 2 aromatic carbocycles. The van der Waals surface area contributed by atoms with Crippen LogP contribution in [0.1, 0.15) is 18.2 Å². The van der Waals surface area contributed by atoms with Crippen LogP contribution in [0, 0.1) is 6.92 Å². The van der Waals surface area contributed by atoms with Crippen molar-refractivity contribution in [1.29, 1.82) is 0 Å². The molecule has 3 aromatic rings. The molecule has 2 fully saturated rings. The second-order valence-corrected chi connectivity index (χ2v) is 16.0. The summed E-state index contributed by atoms with van der Waals surface area (Å²) in [5, 5.41) is 0. The van der Waals surface area contributed by atoms with E-state index in [9.17, 15) is 9.59 Å². The fourth-order valence-corrected chi connectivity index (χ4v) is 13.7. The van der Waals surface area contributed by atoms with Crippen molar-refractivity contribution in [1.82, 2.24) is 9.55 Å². The first-order valence-electron chi connectivity index (χ1n) is 9.97. The first-order valence-corrected chi connectivity index (χ1v) is 15.2. The Morgan fingerprint density at radius 1 is 0.967 bits per heavy atom. The summed E-state index contributed by atoms with van der Waals surface area (Å²) in [6.07, 6.45) is 1.14. The number of benzene rings is 2. The summed E-state index contributed by atoms with van der Waals surface area (Å²) in [6, 6.07) is 20.3. The van der Waals surface area contributed by atoms with Gasteiger partial charge in [0.05, 0.1) is 0 Å². The first-order chi connectivity index (χ1) is 14.6. The molecule has 0 unspecified atom stereocenters. The number of aromatic nitrogens is 2. The molecule has 0 saturated carbocycles. The third kappa shape index (κ3) is 3.35. The standard InChI is InChI=1S/C10H12N2O5.2C6H5.Sn/c1-5-3-12(10(16)11-9(5)15)8-2-6(14)7(4-13)17-8;2*1-2-4-6-5-3-1;/h3,6-8H,2,4H2,1H3,(H,11,15,16);2*1-5H;/q-2;;;+2/t6-,7+,8-;;;/m0.../s1. The molecule has 1 N–H and O–H groups in total. The first kappa shape index (κ1) is 19.7. The van der Waals surface area contributed by atoms with E-state index in [1.807, 2.05) is 36.4 Å². The number of aromatic amines is 1. The summed E-state index contributed by atoms with van der Waals surface area (Å²) >= 11 is -3.86. The van der Waals surface area contributed by atoms with Gasteiger partial charge in [0.2, 0.25) is 0 Å². The number of hydrogen-bond acceptors (Lipinski definition) is 5. The molecule has 8 heteroatoms. The number of rotatable bonds is 3. The predicted molar refractivity (Wildman–Crippen MR) is 113 cm³/mol. The van der Waals surface area contributed by atoms with Crippen LogP contribution in [0.5, 0.6) is 0 Å². The summed E-state index contributed by atoms with van der Waals surface area (Å²) in [5.74, 6) is 0. The van der Waals surface area contributed by atoms with Gasteiger partial charge < -0.3 is 0 Å². The van der Waals surface area contributed by atoms with Gasteiger partial charge in [0, 0.05) is 0 Å². The molecule has 0 bridgehead atoms. The van der Waals surface area contributed by atoms with Crippen molar-refractivity contribution < 1.29 is 10.9 Å². The van der Waals surface area contributed by atoms with Crippen LogP contribution >= 0.6 is 0 Å². The number of H-pyrrole nitrogens is 1. The molecular weight excluding hydrogens is 491 g/mol. The van der Waals surface area contributed by atoms with Crippen molar-refractivity contribution in [3.63, 3.8) is 0 Å². The third-order valence-electron chi connectivity index (χ3n) is 5.71. The van der Waals surface area contributed by atoms with Gasteiger partial charge in [-0.2, -0.15) is 0 Å². The van der Waals surface area contributed by atoms with Gasteiger partial charge in [0.25, 0.3) is 0 Å². The molecule has 3 atom stereocenters. The summed E-state index contributed by atoms with van der Waals surface area (Å²) < 4.78 is 23.1. The molecule has 2 aliphatic rings. The topological polar surface area (TPSA) is 82.6 Å². The number of ether oxygens (including phenoxy) is 1. The maximum absolute atomic E-state index is 12.3. The molecule has 1 aromatic heterocycles. The molecule has 3 heterocycles. The predicted octanol–water partition coefficient (Wildman–Crippen LogP) is 0.805. The van der Waals surface area contributed by atoms with Crippen LogP contribution in [0.15, 0.2) is 76.4 Å². The Balaban J connectivity index is 1.50. The molecule has 154 valence electrons. The Bertz CT molecular complexity index is 1120. The Labute approximate surface area is 178 Å². The van der Waals surface area contributed by atoms with Gasteiger partial charge in [-0.3, -0.25) is 0 Å².